The lowest BCUT2D eigenvalue weighted by molar-refractivity contribution is -0.123. The number of aryl methyl sites for hydroxylation is 1. The number of halogens is 1. The van der Waals surface area contributed by atoms with Crippen LogP contribution in [-0.2, 0) is 22.6 Å². The molecule has 0 fully saturated rings. The maximum atomic E-state index is 11.9. The van der Waals surface area contributed by atoms with E-state index in [1.54, 1.807) is 12.1 Å². The van der Waals surface area contributed by atoms with Gasteiger partial charge in [-0.05, 0) is 47.9 Å². The topological polar surface area (TPSA) is 67.4 Å². The normalized spacial score (nSPS) is 13.0. The van der Waals surface area contributed by atoms with Crippen molar-refractivity contribution in [3.8, 4) is 5.75 Å². The Morgan fingerprint density at radius 1 is 1.21 bits per heavy atom. The molecular formula is C18H17BrN2O3. The zero-order chi connectivity index (χ0) is 16.9. The minimum atomic E-state index is -0.180. The first kappa shape index (κ1) is 16.5. The van der Waals surface area contributed by atoms with E-state index in [0.717, 1.165) is 21.3 Å². The smallest absolute Gasteiger partial charge is 0.258 e. The second-order valence-corrected chi connectivity index (χ2v) is 6.48. The van der Waals surface area contributed by atoms with Gasteiger partial charge >= 0.3 is 0 Å². The Morgan fingerprint density at radius 3 is 2.92 bits per heavy atom. The fourth-order valence-electron chi connectivity index (χ4n) is 2.50. The summed E-state index contributed by atoms with van der Waals surface area (Å²) in [4.78, 5) is 23.2. The molecule has 2 amide bonds. The predicted octanol–water partition coefficient (Wildman–Crippen LogP) is 3.03. The molecule has 0 bridgehead atoms. The Morgan fingerprint density at radius 2 is 2.08 bits per heavy atom. The third kappa shape index (κ3) is 4.35. The molecule has 1 aliphatic heterocycles. The van der Waals surface area contributed by atoms with Crippen LogP contribution in [0.5, 0.6) is 5.75 Å². The van der Waals surface area contributed by atoms with Gasteiger partial charge in [0.25, 0.3) is 5.91 Å². The Hall–Kier alpha value is -2.34. The second kappa shape index (κ2) is 7.49. The maximum absolute atomic E-state index is 11.9. The highest BCUT2D eigenvalue weighted by molar-refractivity contribution is 9.10. The highest BCUT2D eigenvalue weighted by Crippen LogP contribution is 2.26. The second-order valence-electron chi connectivity index (χ2n) is 5.56. The number of carbonyl (C=O) groups excluding carboxylic acids is 2. The van der Waals surface area contributed by atoms with Crippen LogP contribution in [0.2, 0.25) is 0 Å². The van der Waals surface area contributed by atoms with E-state index in [2.05, 4.69) is 26.6 Å². The van der Waals surface area contributed by atoms with Crippen LogP contribution in [0.3, 0.4) is 0 Å². The first-order chi connectivity index (χ1) is 11.6. The van der Waals surface area contributed by atoms with Crippen molar-refractivity contribution >= 4 is 33.4 Å². The molecule has 0 radical (unpaired) electrons. The van der Waals surface area contributed by atoms with Crippen LogP contribution in [0.15, 0.2) is 46.9 Å². The van der Waals surface area contributed by atoms with Gasteiger partial charge < -0.3 is 15.4 Å². The fraction of sp³-hybridized carbons (Fsp3) is 0.222. The molecular weight excluding hydrogens is 372 g/mol. The summed E-state index contributed by atoms with van der Waals surface area (Å²) in [5, 5.41) is 5.64. The highest BCUT2D eigenvalue weighted by Gasteiger charge is 2.15. The predicted molar refractivity (Wildman–Crippen MR) is 94.9 cm³/mol. The number of carbonyl (C=O) groups is 2. The molecule has 0 saturated carbocycles. The molecule has 1 heterocycles. The van der Waals surface area contributed by atoms with Gasteiger partial charge in [-0.25, -0.2) is 0 Å². The van der Waals surface area contributed by atoms with E-state index in [1.807, 2.05) is 30.3 Å². The summed E-state index contributed by atoms with van der Waals surface area (Å²) < 4.78 is 6.52. The van der Waals surface area contributed by atoms with Gasteiger partial charge in [0.2, 0.25) is 5.91 Å². The molecule has 3 rings (SSSR count). The SMILES string of the molecule is O=C(COc1ccc2c(c1)CCC(=O)N2)NCc1cccc(Br)c1. The molecule has 0 aromatic heterocycles. The number of benzene rings is 2. The maximum Gasteiger partial charge on any atom is 0.258 e. The van der Waals surface area contributed by atoms with Crippen molar-refractivity contribution in [2.45, 2.75) is 19.4 Å². The number of hydrogen-bond donors (Lipinski definition) is 2. The number of rotatable bonds is 5. The molecule has 2 aromatic rings. The summed E-state index contributed by atoms with van der Waals surface area (Å²) >= 11 is 3.40. The third-order valence-corrected chi connectivity index (χ3v) is 4.21. The Kier molecular flexibility index (Phi) is 5.15. The van der Waals surface area contributed by atoms with Crippen molar-refractivity contribution in [2.75, 3.05) is 11.9 Å². The van der Waals surface area contributed by atoms with Gasteiger partial charge in [-0.3, -0.25) is 9.59 Å². The molecule has 5 nitrogen and oxygen atoms in total. The van der Waals surface area contributed by atoms with E-state index in [4.69, 9.17) is 4.74 Å². The van der Waals surface area contributed by atoms with Gasteiger partial charge in [0.05, 0.1) is 0 Å². The molecule has 1 aliphatic rings. The molecule has 2 N–H and O–H groups in total. The lowest BCUT2D eigenvalue weighted by Crippen LogP contribution is -2.28. The quantitative estimate of drug-likeness (QED) is 0.826. The van der Waals surface area contributed by atoms with Crippen molar-refractivity contribution in [2.24, 2.45) is 0 Å². The third-order valence-electron chi connectivity index (χ3n) is 3.72. The first-order valence-electron chi connectivity index (χ1n) is 7.67. The minimum absolute atomic E-state index is 0.0306. The van der Waals surface area contributed by atoms with Crippen LogP contribution in [0.1, 0.15) is 17.5 Å². The van der Waals surface area contributed by atoms with E-state index in [-0.39, 0.29) is 18.4 Å². The van der Waals surface area contributed by atoms with Gasteiger partial charge in [0.15, 0.2) is 6.61 Å². The highest BCUT2D eigenvalue weighted by atomic mass is 79.9. The zero-order valence-corrected chi connectivity index (χ0v) is 14.6. The average Bonchev–Trinajstić information content (AvgIpc) is 2.58. The lowest BCUT2D eigenvalue weighted by atomic mass is 10.0. The fourth-order valence-corrected chi connectivity index (χ4v) is 2.94. The van der Waals surface area contributed by atoms with Crippen LogP contribution in [0.4, 0.5) is 5.69 Å². The molecule has 0 spiro atoms. The zero-order valence-electron chi connectivity index (χ0n) is 13.0. The molecule has 0 saturated heterocycles. The largest absolute Gasteiger partial charge is 0.484 e. The standard InChI is InChI=1S/C18H17BrN2O3/c19-14-3-1-2-12(8-14)10-20-18(23)11-24-15-5-6-16-13(9-15)4-7-17(22)21-16/h1-3,5-6,8-9H,4,7,10-11H2,(H,20,23)(H,21,22). The van der Waals surface area contributed by atoms with Gasteiger partial charge in [-0.15, -0.1) is 0 Å². The monoisotopic (exact) mass is 388 g/mol. The van der Waals surface area contributed by atoms with E-state index in [1.165, 1.54) is 0 Å². The van der Waals surface area contributed by atoms with Gasteiger partial charge in [-0.1, -0.05) is 28.1 Å². The molecule has 2 aromatic carbocycles. The summed E-state index contributed by atoms with van der Waals surface area (Å²) in [6.07, 6.45) is 1.16. The van der Waals surface area contributed by atoms with E-state index in [9.17, 15) is 9.59 Å². The summed E-state index contributed by atoms with van der Waals surface area (Å²) in [5.74, 6) is 0.478. The summed E-state index contributed by atoms with van der Waals surface area (Å²) in [6.45, 7) is 0.414. The number of amides is 2. The molecule has 0 atom stereocenters. The number of fused-ring (bicyclic) bond motifs is 1. The van der Waals surface area contributed by atoms with Gasteiger partial charge in [0, 0.05) is 23.1 Å². The Balaban J connectivity index is 1.50. The van der Waals surface area contributed by atoms with Crippen molar-refractivity contribution < 1.29 is 14.3 Å². The molecule has 6 heteroatoms. The Labute approximate surface area is 148 Å². The van der Waals surface area contributed by atoms with Crippen LogP contribution in [-0.4, -0.2) is 18.4 Å². The van der Waals surface area contributed by atoms with E-state index >= 15 is 0 Å². The van der Waals surface area contributed by atoms with E-state index in [0.29, 0.717) is 25.1 Å². The minimum Gasteiger partial charge on any atom is -0.484 e. The summed E-state index contributed by atoms with van der Waals surface area (Å²) in [6, 6.07) is 13.2. The van der Waals surface area contributed by atoms with Gasteiger partial charge in [-0.2, -0.15) is 0 Å². The first-order valence-corrected chi connectivity index (χ1v) is 8.46. The van der Waals surface area contributed by atoms with Crippen LogP contribution < -0.4 is 15.4 Å². The number of nitrogens with one attached hydrogen (secondary N) is 2. The summed E-state index contributed by atoms with van der Waals surface area (Å²) in [7, 11) is 0. The van der Waals surface area contributed by atoms with Crippen molar-refractivity contribution in [1.29, 1.82) is 0 Å². The average molecular weight is 389 g/mol. The number of hydrogen-bond acceptors (Lipinski definition) is 3. The molecule has 124 valence electrons. The lowest BCUT2D eigenvalue weighted by Gasteiger charge is -2.17. The van der Waals surface area contributed by atoms with E-state index < -0.39 is 0 Å². The van der Waals surface area contributed by atoms with Crippen molar-refractivity contribution in [3.63, 3.8) is 0 Å². The van der Waals surface area contributed by atoms with Crippen molar-refractivity contribution in [3.05, 3.63) is 58.1 Å². The van der Waals surface area contributed by atoms with Crippen LogP contribution >= 0.6 is 15.9 Å². The van der Waals surface area contributed by atoms with Crippen LogP contribution in [0, 0.1) is 0 Å². The molecule has 0 unspecified atom stereocenters. The molecule has 24 heavy (non-hydrogen) atoms. The summed E-state index contributed by atoms with van der Waals surface area (Å²) in [5.41, 5.74) is 2.86. The number of anilines is 1. The van der Waals surface area contributed by atoms with Crippen molar-refractivity contribution in [1.82, 2.24) is 5.32 Å². The van der Waals surface area contributed by atoms with Crippen LogP contribution in [0.25, 0.3) is 0 Å². The van der Waals surface area contributed by atoms with Gasteiger partial charge in [0.1, 0.15) is 5.75 Å². The number of ether oxygens (including phenoxy) is 1. The molecule has 0 aliphatic carbocycles. The Bertz CT molecular complexity index is 777.